The van der Waals surface area contributed by atoms with E-state index in [1.165, 1.54) is 44.3 Å². The minimum absolute atomic E-state index is 0.00780. The number of alkyl halides is 2. The van der Waals surface area contributed by atoms with Crippen molar-refractivity contribution in [1.82, 2.24) is 4.98 Å². The van der Waals surface area contributed by atoms with Gasteiger partial charge in [0.1, 0.15) is 0 Å². The summed E-state index contributed by atoms with van der Waals surface area (Å²) < 4.78 is 28.0. The summed E-state index contributed by atoms with van der Waals surface area (Å²) in [4.78, 5) is 5.04. The number of pyridine rings is 1. The predicted octanol–water partition coefficient (Wildman–Crippen LogP) is 8.88. The molecule has 3 heteroatoms. The van der Waals surface area contributed by atoms with Crippen LogP contribution in [0.4, 0.5) is 8.78 Å². The Bertz CT molecular complexity index is 1450. The topological polar surface area (TPSA) is 12.9 Å². The second-order valence-corrected chi connectivity index (χ2v) is 11.0. The molecule has 1 unspecified atom stereocenters. The van der Waals surface area contributed by atoms with Gasteiger partial charge in [-0.1, -0.05) is 62.4 Å². The molecule has 1 atom stereocenters. The summed E-state index contributed by atoms with van der Waals surface area (Å²) in [6, 6.07) is 19.6. The Labute approximate surface area is 206 Å². The van der Waals surface area contributed by atoms with Crippen LogP contribution in [0, 0.1) is 12.8 Å². The molecule has 1 aromatic heterocycles. The molecule has 2 aliphatic rings. The lowest BCUT2D eigenvalue weighted by Gasteiger charge is -2.18. The molecule has 1 saturated carbocycles. The monoisotopic (exact) mass is 467 g/mol. The van der Waals surface area contributed by atoms with Crippen LogP contribution < -0.4 is 0 Å². The van der Waals surface area contributed by atoms with Gasteiger partial charge < -0.3 is 0 Å². The molecule has 1 fully saturated rings. The van der Waals surface area contributed by atoms with E-state index in [1.54, 1.807) is 0 Å². The van der Waals surface area contributed by atoms with Gasteiger partial charge >= 0.3 is 0 Å². The van der Waals surface area contributed by atoms with Gasteiger partial charge in [-0.15, -0.1) is 0 Å². The second kappa shape index (κ2) is 8.26. The fraction of sp³-hybridized carbons (Fsp3) is 0.344. The van der Waals surface area contributed by atoms with E-state index in [9.17, 15) is 8.78 Å². The molecule has 178 valence electrons. The first-order valence-corrected chi connectivity index (χ1v) is 12.8. The second-order valence-electron chi connectivity index (χ2n) is 11.0. The third-order valence-corrected chi connectivity index (χ3v) is 7.82. The maximum atomic E-state index is 14.0. The molecule has 0 radical (unpaired) electrons. The van der Waals surface area contributed by atoms with Crippen molar-refractivity contribution in [3.05, 3.63) is 88.6 Å². The van der Waals surface area contributed by atoms with Gasteiger partial charge in [-0.3, -0.25) is 4.98 Å². The van der Waals surface area contributed by atoms with Crippen molar-refractivity contribution in [2.75, 3.05) is 0 Å². The summed E-state index contributed by atoms with van der Waals surface area (Å²) in [6.07, 6.45) is 4.37. The number of hydrogen-bond acceptors (Lipinski definition) is 1. The van der Waals surface area contributed by atoms with Crippen LogP contribution >= 0.6 is 0 Å². The zero-order chi connectivity index (χ0) is 24.3. The highest BCUT2D eigenvalue weighted by Gasteiger charge is 2.40. The van der Waals surface area contributed by atoms with Crippen molar-refractivity contribution in [2.24, 2.45) is 5.92 Å². The molecule has 3 aromatic carbocycles. The van der Waals surface area contributed by atoms with E-state index in [4.69, 9.17) is 4.98 Å². The quantitative estimate of drug-likeness (QED) is 0.257. The Hall–Kier alpha value is -3.07. The summed E-state index contributed by atoms with van der Waals surface area (Å²) in [5, 5.41) is 2.29. The molecule has 0 N–H and O–H groups in total. The average molecular weight is 468 g/mol. The summed E-state index contributed by atoms with van der Waals surface area (Å²) in [5.41, 5.74) is 11.0. The molecule has 2 aliphatic carbocycles. The standard InChI is InChI=1S/C32H31F2N/c1-19(2)12-24-18-35-31(26-9-8-21(15-27(24)26)23-10-11-32(33,34)17-23)30-14-20(3)13-28-25-7-5-4-6-22(25)16-29(28)30/h4-9,13-15,18-19,23H,10-12,16-17H2,1-3H3. The summed E-state index contributed by atoms with van der Waals surface area (Å²) in [5.74, 6) is -2.13. The zero-order valence-corrected chi connectivity index (χ0v) is 20.7. The number of fused-ring (bicyclic) bond motifs is 4. The van der Waals surface area contributed by atoms with Crippen LogP contribution in [0.2, 0.25) is 0 Å². The predicted molar refractivity (Wildman–Crippen MR) is 140 cm³/mol. The Morgan fingerprint density at radius 3 is 2.54 bits per heavy atom. The summed E-state index contributed by atoms with van der Waals surface area (Å²) >= 11 is 0. The van der Waals surface area contributed by atoms with Crippen LogP contribution in [0.5, 0.6) is 0 Å². The van der Waals surface area contributed by atoms with Gasteiger partial charge in [0.25, 0.3) is 0 Å². The van der Waals surface area contributed by atoms with E-state index in [0.717, 1.165) is 29.5 Å². The largest absolute Gasteiger partial charge is 0.255 e. The van der Waals surface area contributed by atoms with Crippen molar-refractivity contribution < 1.29 is 8.78 Å². The Balaban J connectivity index is 1.53. The molecule has 4 aromatic rings. The Morgan fingerprint density at radius 2 is 1.77 bits per heavy atom. The molecule has 0 spiro atoms. The molecule has 1 nitrogen and oxygen atoms in total. The number of aromatic nitrogens is 1. The molecule has 6 rings (SSSR count). The van der Waals surface area contributed by atoms with Crippen LogP contribution in [-0.2, 0) is 12.8 Å². The minimum Gasteiger partial charge on any atom is -0.255 e. The maximum absolute atomic E-state index is 14.0. The SMILES string of the molecule is Cc1cc2c(c(-c3ncc(CC(C)C)c4cc(C5CCC(F)(F)C5)ccc34)c1)Cc1ccccc1-2. The Morgan fingerprint density at radius 1 is 0.971 bits per heavy atom. The highest BCUT2D eigenvalue weighted by molar-refractivity contribution is 5.99. The van der Waals surface area contributed by atoms with Crippen LogP contribution in [0.1, 0.15) is 66.8 Å². The van der Waals surface area contributed by atoms with Gasteiger partial charge in [-0.2, -0.15) is 0 Å². The third kappa shape index (κ3) is 3.95. The zero-order valence-electron chi connectivity index (χ0n) is 20.7. The maximum Gasteiger partial charge on any atom is 0.248 e. The van der Waals surface area contributed by atoms with Crippen molar-refractivity contribution in [3.63, 3.8) is 0 Å². The number of rotatable bonds is 4. The van der Waals surface area contributed by atoms with Crippen molar-refractivity contribution >= 4 is 10.8 Å². The molecular weight excluding hydrogens is 436 g/mol. The van der Waals surface area contributed by atoms with Gasteiger partial charge in [-0.25, -0.2) is 8.78 Å². The van der Waals surface area contributed by atoms with Crippen LogP contribution in [0.25, 0.3) is 33.2 Å². The number of hydrogen-bond donors (Lipinski definition) is 0. The van der Waals surface area contributed by atoms with E-state index in [0.29, 0.717) is 12.3 Å². The fourth-order valence-electron chi connectivity index (χ4n) is 6.21. The first-order chi connectivity index (χ1) is 16.8. The molecular formula is C32H31F2N. The van der Waals surface area contributed by atoms with Gasteiger partial charge in [0.2, 0.25) is 5.92 Å². The van der Waals surface area contributed by atoms with E-state index in [-0.39, 0.29) is 18.8 Å². The van der Waals surface area contributed by atoms with Crippen molar-refractivity contribution in [3.8, 4) is 22.4 Å². The highest BCUT2D eigenvalue weighted by atomic mass is 19.3. The van der Waals surface area contributed by atoms with Crippen LogP contribution in [0.3, 0.4) is 0 Å². The fourth-order valence-corrected chi connectivity index (χ4v) is 6.21. The number of halogens is 2. The van der Waals surface area contributed by atoms with E-state index in [2.05, 4.69) is 75.4 Å². The summed E-state index contributed by atoms with van der Waals surface area (Å²) in [7, 11) is 0. The lowest BCUT2D eigenvalue weighted by atomic mass is 9.89. The molecule has 1 heterocycles. The van der Waals surface area contributed by atoms with Crippen molar-refractivity contribution in [1.29, 1.82) is 0 Å². The van der Waals surface area contributed by atoms with E-state index < -0.39 is 5.92 Å². The van der Waals surface area contributed by atoms with Crippen LogP contribution in [-0.4, -0.2) is 10.9 Å². The lowest BCUT2D eigenvalue weighted by molar-refractivity contribution is 0.00777. The average Bonchev–Trinajstić information content (AvgIpc) is 3.38. The normalized spacial score (nSPS) is 18.3. The van der Waals surface area contributed by atoms with Crippen molar-refractivity contribution in [2.45, 2.75) is 64.7 Å². The third-order valence-electron chi connectivity index (χ3n) is 7.82. The number of nitrogens with zero attached hydrogens (tertiary/aromatic N) is 1. The molecule has 0 aliphatic heterocycles. The minimum atomic E-state index is -2.54. The Kier molecular flexibility index (Phi) is 5.28. The van der Waals surface area contributed by atoms with Gasteiger partial charge in [0.05, 0.1) is 5.69 Å². The van der Waals surface area contributed by atoms with Gasteiger partial charge in [0.15, 0.2) is 0 Å². The molecule has 0 saturated heterocycles. The molecule has 35 heavy (non-hydrogen) atoms. The highest BCUT2D eigenvalue weighted by Crippen LogP contribution is 2.46. The first kappa shape index (κ1) is 22.4. The lowest BCUT2D eigenvalue weighted by Crippen LogP contribution is -2.09. The molecule has 0 amide bonds. The van der Waals surface area contributed by atoms with E-state index in [1.807, 2.05) is 6.20 Å². The molecule has 0 bridgehead atoms. The van der Waals surface area contributed by atoms with Gasteiger partial charge in [-0.05, 0) is 88.4 Å². The van der Waals surface area contributed by atoms with E-state index >= 15 is 0 Å². The van der Waals surface area contributed by atoms with Gasteiger partial charge in [0, 0.05) is 30.0 Å². The first-order valence-electron chi connectivity index (χ1n) is 12.8. The smallest absolute Gasteiger partial charge is 0.248 e. The number of benzene rings is 3. The van der Waals surface area contributed by atoms with Crippen LogP contribution in [0.15, 0.2) is 60.8 Å². The summed E-state index contributed by atoms with van der Waals surface area (Å²) in [6.45, 7) is 6.58. The number of aryl methyl sites for hydroxylation is 1.